The molecular formula is C19H27N3O6. The fourth-order valence-corrected chi connectivity index (χ4v) is 2.42. The Kier molecular flexibility index (Phi) is 9.49. The molecule has 154 valence electrons. The number of carbonyl (C=O) groups excluding carboxylic acids is 4. The maximum Gasteiger partial charge on any atom is 0.408 e. The molecule has 0 radical (unpaired) electrons. The van der Waals surface area contributed by atoms with Gasteiger partial charge in [0.05, 0.1) is 13.5 Å². The molecule has 0 spiro atoms. The zero-order chi connectivity index (χ0) is 21.1. The summed E-state index contributed by atoms with van der Waals surface area (Å²) in [6.45, 7) is 3.75. The van der Waals surface area contributed by atoms with Gasteiger partial charge in [-0.3, -0.25) is 9.59 Å². The number of hydrogen-bond acceptors (Lipinski definition) is 6. The number of primary amides is 1. The van der Waals surface area contributed by atoms with Crippen molar-refractivity contribution < 1.29 is 28.7 Å². The van der Waals surface area contributed by atoms with Gasteiger partial charge in [0, 0.05) is 0 Å². The van der Waals surface area contributed by atoms with Crippen molar-refractivity contribution in [3.8, 4) is 0 Å². The lowest BCUT2D eigenvalue weighted by molar-refractivity contribution is -0.145. The smallest absolute Gasteiger partial charge is 0.408 e. The number of methoxy groups -OCH3 is 1. The highest BCUT2D eigenvalue weighted by Gasteiger charge is 2.29. The number of amides is 3. The van der Waals surface area contributed by atoms with Gasteiger partial charge in [0.2, 0.25) is 11.8 Å². The van der Waals surface area contributed by atoms with Crippen molar-refractivity contribution in [2.24, 2.45) is 11.7 Å². The highest BCUT2D eigenvalue weighted by atomic mass is 16.5. The molecule has 0 bridgehead atoms. The predicted molar refractivity (Wildman–Crippen MR) is 101 cm³/mol. The molecule has 0 saturated carbocycles. The summed E-state index contributed by atoms with van der Waals surface area (Å²) in [5.41, 5.74) is 5.93. The van der Waals surface area contributed by atoms with E-state index in [1.54, 1.807) is 24.3 Å². The third-order valence-corrected chi connectivity index (χ3v) is 3.74. The zero-order valence-corrected chi connectivity index (χ0v) is 16.3. The SMILES string of the molecule is COC(=O)[C@@H](CC(C)C)NC(=O)[C@@H](CC(N)=O)NC(=O)OCc1ccccc1. The van der Waals surface area contributed by atoms with Crippen LogP contribution in [0.15, 0.2) is 30.3 Å². The van der Waals surface area contributed by atoms with E-state index in [4.69, 9.17) is 10.5 Å². The lowest BCUT2D eigenvalue weighted by Gasteiger charge is -2.22. The number of esters is 1. The third kappa shape index (κ3) is 8.52. The van der Waals surface area contributed by atoms with Crippen molar-refractivity contribution in [3.05, 3.63) is 35.9 Å². The second-order valence-electron chi connectivity index (χ2n) is 6.64. The molecule has 2 atom stereocenters. The average molecular weight is 393 g/mol. The first-order chi connectivity index (χ1) is 13.2. The maximum atomic E-state index is 12.5. The van der Waals surface area contributed by atoms with Crippen LogP contribution in [0.5, 0.6) is 0 Å². The number of nitrogens with one attached hydrogen (secondary N) is 2. The maximum absolute atomic E-state index is 12.5. The van der Waals surface area contributed by atoms with Crippen molar-refractivity contribution in [1.82, 2.24) is 10.6 Å². The van der Waals surface area contributed by atoms with E-state index in [0.717, 1.165) is 5.56 Å². The van der Waals surface area contributed by atoms with Crippen molar-refractivity contribution in [1.29, 1.82) is 0 Å². The highest BCUT2D eigenvalue weighted by Crippen LogP contribution is 2.07. The van der Waals surface area contributed by atoms with Crippen molar-refractivity contribution in [3.63, 3.8) is 0 Å². The Labute approximate surface area is 163 Å². The molecule has 9 heteroatoms. The molecule has 0 aliphatic heterocycles. The Bertz CT molecular complexity index is 678. The van der Waals surface area contributed by atoms with Gasteiger partial charge in [-0.2, -0.15) is 0 Å². The molecule has 0 aliphatic carbocycles. The van der Waals surface area contributed by atoms with Gasteiger partial charge >= 0.3 is 12.1 Å². The average Bonchev–Trinajstić information content (AvgIpc) is 2.64. The summed E-state index contributed by atoms with van der Waals surface area (Å²) in [7, 11) is 1.21. The van der Waals surface area contributed by atoms with Crippen LogP contribution in [0.3, 0.4) is 0 Å². The van der Waals surface area contributed by atoms with Gasteiger partial charge in [-0.05, 0) is 17.9 Å². The standard InChI is InChI=1S/C19H27N3O6/c1-12(2)9-15(18(25)27-3)21-17(24)14(10-16(20)23)22-19(26)28-11-13-7-5-4-6-8-13/h4-8,12,14-15H,9-11H2,1-3H3,(H2,20,23)(H,21,24)(H,22,26)/t14-,15-/m1/s1. The molecule has 0 unspecified atom stereocenters. The Morgan fingerprint density at radius 3 is 2.21 bits per heavy atom. The molecule has 3 amide bonds. The Hall–Kier alpha value is -3.10. The number of nitrogens with two attached hydrogens (primary N) is 1. The van der Waals surface area contributed by atoms with Crippen LogP contribution in [0.2, 0.25) is 0 Å². The first-order valence-corrected chi connectivity index (χ1v) is 8.86. The molecule has 0 fully saturated rings. The fraction of sp³-hybridized carbons (Fsp3) is 0.474. The lowest BCUT2D eigenvalue weighted by atomic mass is 10.0. The second kappa shape index (κ2) is 11.6. The quantitative estimate of drug-likeness (QED) is 0.504. The van der Waals surface area contributed by atoms with Gasteiger partial charge in [0.15, 0.2) is 0 Å². The van der Waals surface area contributed by atoms with Crippen molar-refractivity contribution in [2.75, 3.05) is 7.11 Å². The summed E-state index contributed by atoms with van der Waals surface area (Å²) in [6.07, 6.45) is -0.995. The number of alkyl carbamates (subject to hydrolysis) is 1. The van der Waals surface area contributed by atoms with Crippen LogP contribution < -0.4 is 16.4 Å². The number of rotatable bonds is 10. The molecular weight excluding hydrogens is 366 g/mol. The molecule has 1 rings (SSSR count). The van der Waals surface area contributed by atoms with Crippen LogP contribution in [0.25, 0.3) is 0 Å². The van der Waals surface area contributed by atoms with E-state index in [1.165, 1.54) is 7.11 Å². The highest BCUT2D eigenvalue weighted by molar-refractivity contribution is 5.92. The number of ether oxygens (including phenoxy) is 2. The summed E-state index contributed by atoms with van der Waals surface area (Å²) in [5.74, 6) is -2.04. The van der Waals surface area contributed by atoms with Crippen LogP contribution in [-0.2, 0) is 30.5 Å². The fourth-order valence-electron chi connectivity index (χ4n) is 2.42. The third-order valence-electron chi connectivity index (χ3n) is 3.74. The molecule has 1 aromatic carbocycles. The number of carbonyl (C=O) groups is 4. The Morgan fingerprint density at radius 2 is 1.68 bits per heavy atom. The van der Waals surface area contributed by atoms with Crippen molar-refractivity contribution in [2.45, 2.75) is 45.4 Å². The van der Waals surface area contributed by atoms with Gasteiger partial charge < -0.3 is 25.8 Å². The Balaban J connectivity index is 2.73. The van der Waals surface area contributed by atoms with Crippen molar-refractivity contribution >= 4 is 23.9 Å². The van der Waals surface area contributed by atoms with Gasteiger partial charge in [0.1, 0.15) is 18.7 Å². The Morgan fingerprint density at radius 1 is 1.04 bits per heavy atom. The normalized spacial score (nSPS) is 12.6. The summed E-state index contributed by atoms with van der Waals surface area (Å²) >= 11 is 0. The molecule has 4 N–H and O–H groups in total. The first-order valence-electron chi connectivity index (χ1n) is 8.86. The summed E-state index contributed by atoms with van der Waals surface area (Å²) < 4.78 is 9.74. The number of hydrogen-bond donors (Lipinski definition) is 3. The minimum Gasteiger partial charge on any atom is -0.467 e. The van der Waals surface area contributed by atoms with Gasteiger partial charge in [-0.25, -0.2) is 9.59 Å². The van der Waals surface area contributed by atoms with E-state index in [1.807, 2.05) is 19.9 Å². The minimum atomic E-state index is -1.28. The topological polar surface area (TPSA) is 137 Å². The van der Waals surface area contributed by atoms with E-state index >= 15 is 0 Å². The molecule has 9 nitrogen and oxygen atoms in total. The van der Waals surface area contributed by atoms with Crippen LogP contribution in [0, 0.1) is 5.92 Å². The second-order valence-corrected chi connectivity index (χ2v) is 6.64. The van der Waals surface area contributed by atoms with Crippen LogP contribution >= 0.6 is 0 Å². The molecule has 0 heterocycles. The summed E-state index contributed by atoms with van der Waals surface area (Å²) in [6, 6.07) is 6.77. The first kappa shape index (κ1) is 22.9. The molecule has 0 aliphatic rings. The van der Waals surface area contributed by atoms with Gasteiger partial charge in [-0.15, -0.1) is 0 Å². The molecule has 0 saturated heterocycles. The van der Waals surface area contributed by atoms with Crippen LogP contribution in [-0.4, -0.2) is 43.1 Å². The molecule has 28 heavy (non-hydrogen) atoms. The van der Waals surface area contributed by atoms with Gasteiger partial charge in [-0.1, -0.05) is 44.2 Å². The monoisotopic (exact) mass is 393 g/mol. The zero-order valence-electron chi connectivity index (χ0n) is 16.3. The van der Waals surface area contributed by atoms with E-state index < -0.39 is 42.4 Å². The van der Waals surface area contributed by atoms with Gasteiger partial charge in [0.25, 0.3) is 0 Å². The number of benzene rings is 1. The van der Waals surface area contributed by atoms with Crippen LogP contribution in [0.4, 0.5) is 4.79 Å². The predicted octanol–water partition coefficient (Wildman–Crippen LogP) is 0.861. The lowest BCUT2D eigenvalue weighted by Crippen LogP contribution is -2.53. The largest absolute Gasteiger partial charge is 0.467 e. The molecule has 0 aromatic heterocycles. The summed E-state index contributed by atoms with van der Waals surface area (Å²) in [5, 5.41) is 4.80. The van der Waals surface area contributed by atoms with E-state index in [0.29, 0.717) is 6.42 Å². The van der Waals surface area contributed by atoms with E-state index in [2.05, 4.69) is 15.4 Å². The molecule has 1 aromatic rings. The van der Waals surface area contributed by atoms with E-state index in [9.17, 15) is 19.2 Å². The van der Waals surface area contributed by atoms with Crippen LogP contribution in [0.1, 0.15) is 32.3 Å². The minimum absolute atomic E-state index is 0.00425. The van der Waals surface area contributed by atoms with E-state index in [-0.39, 0.29) is 12.5 Å². The summed E-state index contributed by atoms with van der Waals surface area (Å²) in [4.78, 5) is 47.7.